The molecule has 9 nitrogen and oxygen atoms in total. The van der Waals surface area contributed by atoms with Crippen LogP contribution < -0.4 is 14.2 Å². The first-order valence-electron chi connectivity index (χ1n) is 9.85. The smallest absolute Gasteiger partial charge is 0.264 e. The Hall–Kier alpha value is -3.01. The van der Waals surface area contributed by atoms with E-state index in [4.69, 9.17) is 14.0 Å². The lowest BCUT2D eigenvalue weighted by Crippen LogP contribution is -2.15. The molecule has 1 N–H and O–H groups in total. The highest BCUT2D eigenvalue weighted by molar-refractivity contribution is 7.93. The number of sulfonamides is 1. The summed E-state index contributed by atoms with van der Waals surface area (Å²) < 4.78 is 47.7. The molecule has 2 aliphatic rings. The van der Waals surface area contributed by atoms with Gasteiger partial charge in [0, 0.05) is 29.9 Å². The number of ether oxygens (including phenoxy) is 2. The van der Waals surface area contributed by atoms with Crippen LogP contribution in [0.25, 0.3) is 11.5 Å². The Morgan fingerprint density at radius 2 is 1.93 bits per heavy atom. The lowest BCUT2D eigenvalue weighted by molar-refractivity contribution is 0.174. The molecule has 5 rings (SSSR count). The fourth-order valence-corrected chi connectivity index (χ4v) is 5.46. The van der Waals surface area contributed by atoms with Gasteiger partial charge in [-0.25, -0.2) is 8.42 Å². The maximum Gasteiger partial charge on any atom is 0.264 e. The molecule has 0 spiro atoms. The van der Waals surface area contributed by atoms with Crippen LogP contribution in [0.2, 0.25) is 0 Å². The van der Waals surface area contributed by atoms with Crippen LogP contribution >= 0.6 is 0 Å². The first-order chi connectivity index (χ1) is 14.4. The largest absolute Gasteiger partial charge is 0.454 e. The summed E-state index contributed by atoms with van der Waals surface area (Å²) in [5, 5.41) is 4.07. The Balaban J connectivity index is 1.59. The van der Waals surface area contributed by atoms with Gasteiger partial charge in [0.2, 0.25) is 6.79 Å². The first-order valence-corrected chi connectivity index (χ1v) is 11.3. The van der Waals surface area contributed by atoms with E-state index in [0.29, 0.717) is 46.7 Å². The van der Waals surface area contributed by atoms with E-state index in [1.54, 1.807) is 25.1 Å². The molecule has 2 aromatic heterocycles. The first kappa shape index (κ1) is 19.0. The Labute approximate surface area is 174 Å². The summed E-state index contributed by atoms with van der Waals surface area (Å²) in [5.74, 6) is 2.26. The van der Waals surface area contributed by atoms with Crippen molar-refractivity contribution < 1.29 is 22.4 Å². The van der Waals surface area contributed by atoms with E-state index in [2.05, 4.69) is 14.9 Å². The second-order valence-electron chi connectivity index (χ2n) is 7.52. The van der Waals surface area contributed by atoms with Crippen molar-refractivity contribution in [3.63, 3.8) is 0 Å². The Kier molecular flexibility index (Phi) is 4.28. The van der Waals surface area contributed by atoms with Crippen molar-refractivity contribution in [3.8, 4) is 23.0 Å². The second kappa shape index (κ2) is 6.76. The van der Waals surface area contributed by atoms with E-state index in [9.17, 15) is 8.42 Å². The molecular formula is C20H22N4O5S. The molecule has 1 fully saturated rings. The molecule has 3 aromatic rings. The van der Waals surface area contributed by atoms with Crippen LogP contribution in [0.15, 0.2) is 27.6 Å². The van der Waals surface area contributed by atoms with Gasteiger partial charge in [-0.15, -0.1) is 0 Å². The average molecular weight is 430 g/mol. The third-order valence-electron chi connectivity index (χ3n) is 5.54. The molecule has 0 bridgehead atoms. The SMILES string of the molecule is CCn1c(C)c(-c2nc(C3CC3)no2)c(S(=O)(=O)Nc2ccc3c(c2)OCO3)c1C. The predicted molar refractivity (Wildman–Crippen MR) is 108 cm³/mol. The highest BCUT2D eigenvalue weighted by atomic mass is 32.2. The van der Waals surface area contributed by atoms with Gasteiger partial charge in [0.25, 0.3) is 15.9 Å². The third-order valence-corrected chi connectivity index (χ3v) is 7.08. The fraction of sp³-hybridized carbons (Fsp3) is 0.400. The van der Waals surface area contributed by atoms with Crippen molar-refractivity contribution in [1.82, 2.24) is 14.7 Å². The van der Waals surface area contributed by atoms with Crippen LogP contribution in [0.5, 0.6) is 11.5 Å². The molecule has 0 unspecified atom stereocenters. The number of rotatable bonds is 6. The van der Waals surface area contributed by atoms with E-state index in [1.165, 1.54) is 0 Å². The summed E-state index contributed by atoms with van der Waals surface area (Å²) in [6, 6.07) is 4.93. The number of hydrogen-bond acceptors (Lipinski definition) is 7. The minimum absolute atomic E-state index is 0.119. The number of anilines is 1. The zero-order chi connectivity index (χ0) is 21.0. The van der Waals surface area contributed by atoms with E-state index < -0.39 is 10.0 Å². The van der Waals surface area contributed by atoms with Gasteiger partial charge in [0.15, 0.2) is 17.3 Å². The topological polar surface area (TPSA) is 108 Å². The summed E-state index contributed by atoms with van der Waals surface area (Å²) in [6.07, 6.45) is 2.06. The van der Waals surface area contributed by atoms with Crippen LogP contribution in [-0.2, 0) is 16.6 Å². The van der Waals surface area contributed by atoms with Gasteiger partial charge in [-0.05, 0) is 45.7 Å². The van der Waals surface area contributed by atoms with Gasteiger partial charge in [-0.3, -0.25) is 4.72 Å². The van der Waals surface area contributed by atoms with Gasteiger partial charge in [0.1, 0.15) is 4.90 Å². The molecule has 30 heavy (non-hydrogen) atoms. The molecule has 158 valence electrons. The molecule has 0 atom stereocenters. The van der Waals surface area contributed by atoms with E-state index in [1.807, 2.05) is 18.4 Å². The highest BCUT2D eigenvalue weighted by Crippen LogP contribution is 2.41. The molecular weight excluding hydrogens is 408 g/mol. The highest BCUT2D eigenvalue weighted by Gasteiger charge is 2.34. The molecule has 1 aromatic carbocycles. The second-order valence-corrected chi connectivity index (χ2v) is 9.14. The number of benzene rings is 1. The molecule has 1 aliphatic heterocycles. The van der Waals surface area contributed by atoms with Gasteiger partial charge in [0.05, 0.1) is 11.3 Å². The van der Waals surface area contributed by atoms with Crippen molar-refractivity contribution in [2.45, 2.75) is 51.0 Å². The number of hydrogen-bond donors (Lipinski definition) is 1. The van der Waals surface area contributed by atoms with Crippen molar-refractivity contribution in [2.24, 2.45) is 0 Å². The zero-order valence-electron chi connectivity index (χ0n) is 16.9. The zero-order valence-corrected chi connectivity index (χ0v) is 17.7. The number of fused-ring (bicyclic) bond motifs is 1. The lowest BCUT2D eigenvalue weighted by atomic mass is 10.2. The molecule has 3 heterocycles. The van der Waals surface area contributed by atoms with E-state index in [-0.39, 0.29) is 17.6 Å². The molecule has 10 heteroatoms. The van der Waals surface area contributed by atoms with E-state index >= 15 is 0 Å². The molecule has 1 saturated carbocycles. The quantitative estimate of drug-likeness (QED) is 0.637. The van der Waals surface area contributed by atoms with Gasteiger partial charge >= 0.3 is 0 Å². The third kappa shape index (κ3) is 3.02. The minimum Gasteiger partial charge on any atom is -0.454 e. The lowest BCUT2D eigenvalue weighted by Gasteiger charge is -2.10. The Bertz CT molecular complexity index is 1240. The molecule has 1 aliphatic carbocycles. The molecule has 0 amide bonds. The summed E-state index contributed by atoms with van der Waals surface area (Å²) in [4.78, 5) is 4.64. The summed E-state index contributed by atoms with van der Waals surface area (Å²) in [6.45, 7) is 6.36. The minimum atomic E-state index is -3.94. The van der Waals surface area contributed by atoms with Crippen molar-refractivity contribution in [3.05, 3.63) is 35.4 Å². The normalized spacial score (nSPS) is 15.6. The monoisotopic (exact) mass is 430 g/mol. The van der Waals surface area contributed by atoms with Crippen molar-refractivity contribution in [2.75, 3.05) is 11.5 Å². The Morgan fingerprint density at radius 3 is 2.67 bits per heavy atom. The van der Waals surface area contributed by atoms with Gasteiger partial charge in [-0.2, -0.15) is 4.98 Å². The number of nitrogens with one attached hydrogen (secondary N) is 1. The number of nitrogens with zero attached hydrogens (tertiary/aromatic N) is 3. The van der Waals surface area contributed by atoms with E-state index in [0.717, 1.165) is 18.5 Å². The van der Waals surface area contributed by atoms with Gasteiger partial charge in [-0.1, -0.05) is 5.16 Å². The van der Waals surface area contributed by atoms with Crippen LogP contribution in [0.3, 0.4) is 0 Å². The Morgan fingerprint density at radius 1 is 1.17 bits per heavy atom. The van der Waals surface area contributed by atoms with Gasteiger partial charge < -0.3 is 18.6 Å². The summed E-state index contributed by atoms with van der Waals surface area (Å²) >= 11 is 0. The van der Waals surface area contributed by atoms with Crippen LogP contribution in [-0.4, -0.2) is 29.9 Å². The average Bonchev–Trinajstić information content (AvgIpc) is 3.15. The molecule has 0 saturated heterocycles. The van der Waals surface area contributed by atoms with Crippen LogP contribution in [0.4, 0.5) is 5.69 Å². The summed E-state index contributed by atoms with van der Waals surface area (Å²) in [5.41, 5.74) is 2.22. The van der Waals surface area contributed by atoms with Crippen LogP contribution in [0, 0.1) is 13.8 Å². The van der Waals surface area contributed by atoms with Crippen molar-refractivity contribution in [1.29, 1.82) is 0 Å². The predicted octanol–water partition coefficient (Wildman–Crippen LogP) is 3.58. The fourth-order valence-electron chi connectivity index (χ4n) is 3.92. The summed E-state index contributed by atoms with van der Waals surface area (Å²) in [7, 11) is -3.94. The standard InChI is InChI=1S/C20H22N4O5S/c1-4-24-11(2)17(20-21-19(22-29-20)13-5-6-13)18(12(24)3)30(25,26)23-14-7-8-15-16(9-14)28-10-27-15/h7-9,13,23H,4-6,10H2,1-3H3. The van der Waals surface area contributed by atoms with Crippen molar-refractivity contribution >= 4 is 15.7 Å². The van der Waals surface area contributed by atoms with Crippen LogP contribution in [0.1, 0.15) is 42.9 Å². The maximum absolute atomic E-state index is 13.5. The number of aromatic nitrogens is 3. The maximum atomic E-state index is 13.5. The molecule has 0 radical (unpaired) electrons.